The fourth-order valence-electron chi connectivity index (χ4n) is 2.01. The maximum absolute atomic E-state index is 12.8. The molecule has 0 aromatic heterocycles. The van der Waals surface area contributed by atoms with E-state index in [1.54, 1.807) is 17.7 Å². The summed E-state index contributed by atoms with van der Waals surface area (Å²) >= 11 is 0. The molecule has 0 amide bonds. The molecule has 0 unspecified atom stereocenters. The number of alkyl halides is 3. The van der Waals surface area contributed by atoms with Crippen LogP contribution >= 0.6 is 0 Å². The predicted molar refractivity (Wildman–Crippen MR) is 68.7 cm³/mol. The van der Waals surface area contributed by atoms with Gasteiger partial charge in [0.25, 0.3) is 0 Å². The first-order valence-corrected chi connectivity index (χ1v) is 7.44. The number of hydrogen-bond donors (Lipinski definition) is 2. The van der Waals surface area contributed by atoms with Crippen molar-refractivity contribution in [2.24, 2.45) is 0 Å². The van der Waals surface area contributed by atoms with E-state index in [9.17, 15) is 21.6 Å². The fourth-order valence-corrected chi connectivity index (χ4v) is 3.81. The van der Waals surface area contributed by atoms with Crippen LogP contribution in [-0.2, 0) is 10.0 Å². The Morgan fingerprint density at radius 2 is 1.80 bits per heavy atom. The van der Waals surface area contributed by atoms with Crippen LogP contribution in [0, 0.1) is 13.8 Å². The number of sulfonamides is 1. The Bertz CT molecular complexity index is 649. The molecule has 20 heavy (non-hydrogen) atoms. The first kappa shape index (κ1) is 15.1. The summed E-state index contributed by atoms with van der Waals surface area (Å²) < 4.78 is 64.7. The minimum atomic E-state index is -4.59. The molecule has 1 aliphatic carbocycles. The second kappa shape index (κ2) is 4.36. The first-order chi connectivity index (χ1) is 8.98. The van der Waals surface area contributed by atoms with E-state index in [1.165, 1.54) is 13.0 Å². The molecular weight excluding hydrogens is 293 g/mol. The molecule has 1 fully saturated rings. The molecule has 0 bridgehead atoms. The summed E-state index contributed by atoms with van der Waals surface area (Å²) in [6, 6.07) is 2.75. The Morgan fingerprint density at radius 1 is 1.25 bits per heavy atom. The molecule has 0 atom stereocenters. The molecule has 3 N–H and O–H groups in total. The van der Waals surface area contributed by atoms with Gasteiger partial charge in [-0.3, -0.25) is 0 Å². The smallest absolute Gasteiger partial charge is 0.399 e. The highest BCUT2D eigenvalue weighted by molar-refractivity contribution is 7.89. The van der Waals surface area contributed by atoms with Crippen LogP contribution in [0.3, 0.4) is 0 Å². The van der Waals surface area contributed by atoms with Gasteiger partial charge in [0.2, 0.25) is 10.0 Å². The summed E-state index contributed by atoms with van der Waals surface area (Å²) in [5.74, 6) is 0. The third-order valence-corrected chi connectivity index (χ3v) is 5.22. The lowest BCUT2D eigenvalue weighted by Crippen LogP contribution is -2.47. The topological polar surface area (TPSA) is 72.2 Å². The number of benzene rings is 1. The van der Waals surface area contributed by atoms with Crippen LogP contribution < -0.4 is 10.5 Å². The summed E-state index contributed by atoms with van der Waals surface area (Å²) in [4.78, 5) is -0.203. The molecule has 112 valence electrons. The average Bonchev–Trinajstić information content (AvgIpc) is 3.02. The van der Waals surface area contributed by atoms with Gasteiger partial charge in [-0.15, -0.1) is 0 Å². The van der Waals surface area contributed by atoms with E-state index in [4.69, 9.17) is 5.73 Å². The molecule has 1 aromatic carbocycles. The Kier molecular flexibility index (Phi) is 3.29. The number of nitrogens with one attached hydrogen (secondary N) is 1. The average molecular weight is 308 g/mol. The van der Waals surface area contributed by atoms with Crippen molar-refractivity contribution >= 4 is 15.7 Å². The van der Waals surface area contributed by atoms with Gasteiger partial charge in [-0.2, -0.15) is 17.9 Å². The molecule has 4 nitrogen and oxygen atoms in total. The lowest BCUT2D eigenvalue weighted by atomic mass is 10.1. The molecule has 1 aromatic rings. The molecular formula is C12H15F3N2O2S. The third-order valence-electron chi connectivity index (χ3n) is 3.55. The highest BCUT2D eigenvalue weighted by Crippen LogP contribution is 2.49. The van der Waals surface area contributed by atoms with Crippen LogP contribution in [0.5, 0.6) is 0 Å². The van der Waals surface area contributed by atoms with E-state index < -0.39 is 21.7 Å². The fraction of sp³-hybridized carbons (Fsp3) is 0.500. The van der Waals surface area contributed by atoms with E-state index in [-0.39, 0.29) is 23.4 Å². The van der Waals surface area contributed by atoms with Crippen LogP contribution in [0.4, 0.5) is 18.9 Å². The largest absolute Gasteiger partial charge is 0.407 e. The maximum Gasteiger partial charge on any atom is 0.407 e. The van der Waals surface area contributed by atoms with Crippen molar-refractivity contribution in [3.05, 3.63) is 23.3 Å². The minimum Gasteiger partial charge on any atom is -0.399 e. The van der Waals surface area contributed by atoms with E-state index in [1.807, 2.05) is 0 Å². The summed E-state index contributed by atoms with van der Waals surface area (Å²) in [6.07, 6.45) is -5.07. The second-order valence-electron chi connectivity index (χ2n) is 5.15. The Morgan fingerprint density at radius 3 is 2.25 bits per heavy atom. The van der Waals surface area contributed by atoms with E-state index in [0.717, 1.165) is 0 Å². The van der Waals surface area contributed by atoms with Crippen LogP contribution in [0.25, 0.3) is 0 Å². The zero-order valence-corrected chi connectivity index (χ0v) is 11.8. The molecule has 0 aliphatic heterocycles. The molecule has 0 saturated heterocycles. The van der Waals surface area contributed by atoms with Gasteiger partial charge in [-0.25, -0.2) is 8.42 Å². The molecule has 0 radical (unpaired) electrons. The summed E-state index contributed by atoms with van der Waals surface area (Å²) in [5.41, 5.74) is 4.46. The summed E-state index contributed by atoms with van der Waals surface area (Å²) in [7, 11) is -4.26. The molecule has 8 heteroatoms. The van der Waals surface area contributed by atoms with Crippen molar-refractivity contribution in [3.8, 4) is 0 Å². The number of nitrogen functional groups attached to an aromatic ring is 1. The van der Waals surface area contributed by atoms with E-state index >= 15 is 0 Å². The molecule has 0 heterocycles. The van der Waals surface area contributed by atoms with Crippen molar-refractivity contribution < 1.29 is 21.6 Å². The number of nitrogens with two attached hydrogens (primary N) is 1. The summed E-state index contributed by atoms with van der Waals surface area (Å²) in [6.45, 7) is 3.19. The molecule has 1 aliphatic rings. The van der Waals surface area contributed by atoms with Crippen molar-refractivity contribution in [1.29, 1.82) is 0 Å². The first-order valence-electron chi connectivity index (χ1n) is 5.96. The van der Waals surface area contributed by atoms with Gasteiger partial charge in [0, 0.05) is 5.69 Å². The standard InChI is InChI=1S/C12H15F3N2O2S/c1-7-5-9(16)6-10(8(7)2)20(18,19)17-11(3-4-11)12(13,14)15/h5-6,17H,3-4,16H2,1-2H3. The minimum absolute atomic E-state index is 0.199. The zero-order chi connectivity index (χ0) is 15.3. The van der Waals surface area contributed by atoms with Gasteiger partial charge >= 0.3 is 6.18 Å². The highest BCUT2D eigenvalue weighted by atomic mass is 32.2. The van der Waals surface area contributed by atoms with Gasteiger partial charge in [0.05, 0.1) is 4.90 Å². The van der Waals surface area contributed by atoms with Gasteiger partial charge in [0.15, 0.2) is 0 Å². The Labute approximate surface area is 115 Å². The van der Waals surface area contributed by atoms with Gasteiger partial charge in [-0.1, -0.05) is 0 Å². The lowest BCUT2D eigenvalue weighted by molar-refractivity contribution is -0.160. The second-order valence-corrected chi connectivity index (χ2v) is 6.80. The third kappa shape index (κ3) is 2.49. The predicted octanol–water partition coefficient (Wildman–Crippen LogP) is 2.26. The van der Waals surface area contributed by atoms with Gasteiger partial charge in [0.1, 0.15) is 5.54 Å². The number of halogens is 3. The maximum atomic E-state index is 12.8. The number of hydrogen-bond acceptors (Lipinski definition) is 3. The van der Waals surface area contributed by atoms with E-state index in [0.29, 0.717) is 11.1 Å². The molecule has 0 spiro atoms. The van der Waals surface area contributed by atoms with E-state index in [2.05, 4.69) is 0 Å². The quantitative estimate of drug-likeness (QED) is 0.841. The van der Waals surface area contributed by atoms with Crippen LogP contribution in [0.2, 0.25) is 0 Å². The Hall–Kier alpha value is -1.28. The number of rotatable bonds is 3. The van der Waals surface area contributed by atoms with Crippen LogP contribution in [0.1, 0.15) is 24.0 Å². The Balaban J connectivity index is 2.43. The van der Waals surface area contributed by atoms with Crippen molar-refractivity contribution in [3.63, 3.8) is 0 Å². The lowest BCUT2D eigenvalue weighted by Gasteiger charge is -2.21. The molecule has 1 saturated carbocycles. The monoisotopic (exact) mass is 308 g/mol. The van der Waals surface area contributed by atoms with Crippen molar-refractivity contribution in [2.45, 2.75) is 43.3 Å². The SMILES string of the molecule is Cc1cc(N)cc(S(=O)(=O)NC2(C(F)(F)F)CC2)c1C. The van der Waals surface area contributed by atoms with Gasteiger partial charge < -0.3 is 5.73 Å². The van der Waals surface area contributed by atoms with Crippen molar-refractivity contribution in [1.82, 2.24) is 4.72 Å². The van der Waals surface area contributed by atoms with Crippen molar-refractivity contribution in [2.75, 3.05) is 5.73 Å². The zero-order valence-electron chi connectivity index (χ0n) is 11.0. The number of anilines is 1. The molecule has 2 rings (SSSR count). The van der Waals surface area contributed by atoms with Crippen LogP contribution in [0.15, 0.2) is 17.0 Å². The number of aryl methyl sites for hydroxylation is 1. The van der Waals surface area contributed by atoms with Gasteiger partial charge in [-0.05, 0) is 49.9 Å². The summed E-state index contributed by atoms with van der Waals surface area (Å²) in [5, 5.41) is 0. The van der Waals surface area contributed by atoms with Crippen LogP contribution in [-0.4, -0.2) is 20.1 Å². The normalized spacial score (nSPS) is 18.1. The highest BCUT2D eigenvalue weighted by Gasteiger charge is 2.65.